The molecule has 0 saturated heterocycles. The highest BCUT2D eigenvalue weighted by molar-refractivity contribution is 5.13. The lowest BCUT2D eigenvalue weighted by molar-refractivity contribution is 0.312. The summed E-state index contributed by atoms with van der Waals surface area (Å²) in [7, 11) is 0. The van der Waals surface area contributed by atoms with E-state index in [0.717, 1.165) is 17.5 Å². The molecule has 101 heavy (non-hydrogen) atoms. The largest absolute Gasteiger partial charge is 0.448 e. The third-order valence-electron chi connectivity index (χ3n) is 11.6. The zero-order valence-corrected chi connectivity index (χ0v) is 71.1. The first-order valence-corrected chi connectivity index (χ1v) is 35.4. The van der Waals surface area contributed by atoms with Crippen LogP contribution in [0.4, 0.5) is 0 Å². The summed E-state index contributed by atoms with van der Waals surface area (Å²) in [5, 5.41) is 55.3. The van der Waals surface area contributed by atoms with E-state index < -0.39 is 0 Å². The summed E-state index contributed by atoms with van der Waals surface area (Å²) in [4.78, 5) is 17.7. The maximum Gasteiger partial charge on any atom is 0.199 e. The number of aromatic amines is 2. The van der Waals surface area contributed by atoms with Crippen molar-refractivity contribution in [2.45, 2.75) is 339 Å². The molecule has 0 aliphatic carbocycles. The Hall–Kier alpha value is -8.39. The maximum absolute atomic E-state index is 5.09. The summed E-state index contributed by atoms with van der Waals surface area (Å²) in [5.74, 6) is 2.55. The number of nitrogens with zero attached hydrogens (tertiary/aromatic N) is 24. The van der Waals surface area contributed by atoms with Crippen molar-refractivity contribution in [3.05, 3.63) is 142 Å². The van der Waals surface area contributed by atoms with Crippen LogP contribution in [0.15, 0.2) is 123 Å². The molecule has 576 valence electrons. The van der Waals surface area contributed by atoms with E-state index in [1.807, 2.05) is 159 Å². The number of oxazole rings is 1. The minimum absolute atomic E-state index is 0.00347. The van der Waals surface area contributed by atoms with Crippen molar-refractivity contribution in [3.63, 3.8) is 0 Å². The van der Waals surface area contributed by atoms with Crippen LogP contribution in [-0.2, 0) is 55.0 Å². The van der Waals surface area contributed by atoms with Crippen molar-refractivity contribution in [2.24, 2.45) is 0 Å². The molecular weight excluding hydrogens is 1270 g/mol. The van der Waals surface area contributed by atoms with Gasteiger partial charge in [0.15, 0.2) is 11.7 Å². The van der Waals surface area contributed by atoms with Gasteiger partial charge in [0.05, 0.1) is 65.0 Å². The van der Waals surface area contributed by atoms with Gasteiger partial charge in [-0.3, -0.25) is 14.9 Å². The van der Waals surface area contributed by atoms with Gasteiger partial charge in [-0.25, -0.2) is 34.0 Å². The van der Waals surface area contributed by atoms with E-state index in [9.17, 15) is 0 Å². The van der Waals surface area contributed by atoms with Gasteiger partial charge in [0.2, 0.25) is 0 Å². The second-order valence-corrected chi connectivity index (χ2v) is 31.1. The number of hydrogen-bond donors (Lipinski definition) is 2. The highest BCUT2D eigenvalue weighted by Gasteiger charge is 2.20. The molecule has 0 fully saturated rings. The van der Waals surface area contributed by atoms with Gasteiger partial charge in [0, 0.05) is 59.1 Å². The van der Waals surface area contributed by atoms with Crippen LogP contribution in [0.1, 0.15) is 300 Å². The third kappa shape index (κ3) is 48.1. The van der Waals surface area contributed by atoms with Crippen molar-refractivity contribution in [1.82, 2.24) is 129 Å². The minimum atomic E-state index is 0.00347. The average Bonchev–Trinajstić information content (AvgIpc) is 1.77. The molecule has 10 rings (SSSR count). The Morgan fingerprint density at radius 1 is 0.396 bits per heavy atom. The van der Waals surface area contributed by atoms with Crippen LogP contribution < -0.4 is 0 Å². The summed E-state index contributed by atoms with van der Waals surface area (Å²) >= 11 is 0. The average molecular weight is 1410 g/mol. The molecule has 0 aliphatic rings. The topological polar surface area (TPSA) is 298 Å². The van der Waals surface area contributed by atoms with E-state index in [1.54, 1.807) is 84.6 Å². The smallest absolute Gasteiger partial charge is 0.199 e. The summed E-state index contributed by atoms with van der Waals surface area (Å²) in [6.45, 7) is 84.9. The monoisotopic (exact) mass is 1410 g/mol. The van der Waals surface area contributed by atoms with Gasteiger partial charge in [-0.1, -0.05) is 137 Å². The molecule has 0 unspecified atom stereocenters. The van der Waals surface area contributed by atoms with Crippen LogP contribution in [0.3, 0.4) is 0 Å². The Morgan fingerprint density at radius 3 is 1.11 bits per heavy atom. The van der Waals surface area contributed by atoms with E-state index in [2.05, 4.69) is 288 Å². The van der Waals surface area contributed by atoms with Gasteiger partial charge in [0.25, 0.3) is 0 Å². The third-order valence-corrected chi connectivity index (χ3v) is 11.6. The Kier molecular flexibility index (Phi) is 49.4. The fraction of sp³-hybridized carbons (Fsp3) is 0.689. The van der Waals surface area contributed by atoms with Gasteiger partial charge >= 0.3 is 0 Å². The van der Waals surface area contributed by atoms with Crippen molar-refractivity contribution < 1.29 is 4.42 Å². The number of rotatable bonds is 0. The molecule has 0 radical (unpaired) electrons. The maximum atomic E-state index is 5.09. The Labute approximate surface area is 611 Å². The van der Waals surface area contributed by atoms with Crippen LogP contribution in [-0.4, -0.2) is 129 Å². The van der Waals surface area contributed by atoms with Crippen molar-refractivity contribution >= 4 is 0 Å². The SMILES string of the molecule is CC.CC.CC.CC.CC.CC(C)(C)c1cn[nH]c1.CC(C)(C)c1ncco1.CC(C)(C)n1cccn1.CC(C)(C)n1ccnc1.CC(C)(C)n1ccnn1.CC(C)(C)n1cncn1.CC(C)(C)n1cnnc1.CC(C)(C)n1cnnn1.CC(C)(C)n1nccn1.Cc1nc(C(C)(C)C)n[nH]1. The van der Waals surface area contributed by atoms with E-state index in [4.69, 9.17) is 4.42 Å². The Morgan fingerprint density at radius 2 is 0.911 bits per heavy atom. The van der Waals surface area contributed by atoms with Crippen LogP contribution in [0.25, 0.3) is 0 Å². The molecule has 0 amide bonds. The molecule has 10 aromatic heterocycles. The van der Waals surface area contributed by atoms with Gasteiger partial charge in [-0.15, -0.1) is 20.4 Å². The first-order valence-electron chi connectivity index (χ1n) is 35.4. The van der Waals surface area contributed by atoms with Crippen molar-refractivity contribution in [2.75, 3.05) is 0 Å². The highest BCUT2D eigenvalue weighted by Crippen LogP contribution is 2.21. The molecule has 0 bridgehead atoms. The molecule has 27 nitrogen and oxygen atoms in total. The lowest BCUT2D eigenvalue weighted by atomic mass is 9.90. The number of tetrazole rings is 1. The lowest BCUT2D eigenvalue weighted by Gasteiger charge is -2.19. The second kappa shape index (κ2) is 49.2. The first kappa shape index (κ1) is 101. The van der Waals surface area contributed by atoms with Gasteiger partial charge in [-0.2, -0.15) is 35.4 Å². The highest BCUT2D eigenvalue weighted by atomic mass is 16.3. The molecule has 0 aliphatic heterocycles. The molecule has 0 aromatic carbocycles. The Balaban J connectivity index is -0.000000333. The predicted octanol–water partition coefficient (Wildman–Crippen LogP) is 18.1. The van der Waals surface area contributed by atoms with Crippen LogP contribution >= 0.6 is 0 Å². The van der Waals surface area contributed by atoms with Gasteiger partial charge in [-0.05, 0) is 180 Å². The molecular formula is C74H144N26O. The van der Waals surface area contributed by atoms with Crippen molar-refractivity contribution in [1.29, 1.82) is 0 Å². The number of aromatic nitrogens is 26. The van der Waals surface area contributed by atoms with E-state index >= 15 is 0 Å². The minimum Gasteiger partial charge on any atom is -0.448 e. The number of hydrogen-bond acceptors (Lipinski definition) is 18. The molecule has 10 aromatic rings. The van der Waals surface area contributed by atoms with Gasteiger partial charge < -0.3 is 13.6 Å². The molecule has 0 spiro atoms. The number of aryl methyl sites for hydroxylation is 1. The standard InChI is InChI=1S/C7H13N3.3C7H12N2.C7H11NO.4C6H11N3.C5H10N4.5C2H6/c1-5-8-6(10-9-5)7(2,3)4;1-7(2,3)6-4-8-9-5-6;1-7(2,3)9-5-4-8-6-9;1-7(2,3)9-6-4-5-8-9;1-7(2,3)6-8-4-5-9-6;1-6(2,3)9-4-7-8-5-9;1-6(2,3)9-5-7-4-8-9;1-6(2,3)9-5-4-7-8-9;1-6(2,3)9-7-4-5-8-9;1-5(2,3)9-4-6-7-8-9;5*1-2/h1-4H3,(H,8,9,10);4-5H,1-3H3,(H,8,9);2*4-6H,1-3H3;5*4-5H,1-3H3;4H,1-3H3;5*1-2H3. The molecule has 10 heterocycles. The molecule has 2 N–H and O–H groups in total. The predicted molar refractivity (Wildman–Crippen MR) is 416 cm³/mol. The zero-order chi connectivity index (χ0) is 79.9. The van der Waals surface area contributed by atoms with Crippen LogP contribution in [0.5, 0.6) is 0 Å². The second-order valence-electron chi connectivity index (χ2n) is 31.1. The molecule has 0 atom stereocenters. The van der Waals surface area contributed by atoms with E-state index in [0.29, 0.717) is 0 Å². The fourth-order valence-corrected chi connectivity index (χ4v) is 5.95. The molecule has 27 heteroatoms. The quantitative estimate of drug-likeness (QED) is 0.143. The fourth-order valence-electron chi connectivity index (χ4n) is 5.95. The van der Waals surface area contributed by atoms with Crippen molar-refractivity contribution in [3.8, 4) is 0 Å². The van der Waals surface area contributed by atoms with E-state index in [1.165, 1.54) is 5.56 Å². The normalized spacial score (nSPS) is 11.0. The number of nitrogens with one attached hydrogen (secondary N) is 2. The summed E-state index contributed by atoms with van der Waals surface area (Å²) in [6.07, 6.45) is 31.7. The number of imidazole rings is 1. The van der Waals surface area contributed by atoms with E-state index in [-0.39, 0.29) is 55.0 Å². The van der Waals surface area contributed by atoms with Crippen LogP contribution in [0, 0.1) is 6.92 Å². The first-order chi connectivity index (χ1) is 46.4. The lowest BCUT2D eigenvalue weighted by Crippen LogP contribution is -2.24. The Bertz CT molecular complexity index is 2620. The molecule has 0 saturated carbocycles. The number of H-pyrrole nitrogens is 2. The van der Waals surface area contributed by atoms with Crippen LogP contribution in [0.2, 0.25) is 0 Å². The summed E-state index contributed by atoms with van der Waals surface area (Å²) in [6, 6.07) is 1.94. The summed E-state index contributed by atoms with van der Waals surface area (Å²) in [5.41, 5.74) is 2.16. The summed E-state index contributed by atoms with van der Waals surface area (Å²) < 4.78 is 16.4. The zero-order valence-electron chi connectivity index (χ0n) is 71.1. The van der Waals surface area contributed by atoms with Gasteiger partial charge in [0.1, 0.15) is 43.7 Å².